The second kappa shape index (κ2) is 7.06. The highest BCUT2D eigenvalue weighted by Gasteiger charge is 2.34. The van der Waals surface area contributed by atoms with E-state index < -0.39 is 0 Å². The Morgan fingerprint density at radius 3 is 2.70 bits per heavy atom. The number of ether oxygens (including phenoxy) is 1. The van der Waals surface area contributed by atoms with Gasteiger partial charge in [-0.15, -0.1) is 0 Å². The van der Waals surface area contributed by atoms with Gasteiger partial charge in [-0.05, 0) is 43.7 Å². The maximum atomic E-state index is 13.5. The minimum Gasteiger partial charge on any atom is -0.489 e. The number of rotatable bonds is 1. The highest BCUT2D eigenvalue weighted by Crippen LogP contribution is 2.35. The number of urea groups is 1. The number of amides is 2. The van der Waals surface area contributed by atoms with E-state index in [1.807, 2.05) is 31.0 Å². The maximum Gasteiger partial charge on any atom is 0.325 e. The van der Waals surface area contributed by atoms with E-state index in [1.54, 1.807) is 11.0 Å². The summed E-state index contributed by atoms with van der Waals surface area (Å²) in [5.74, 6) is 1.00. The fourth-order valence-electron chi connectivity index (χ4n) is 3.59. The van der Waals surface area contributed by atoms with Crippen molar-refractivity contribution in [2.24, 2.45) is 0 Å². The Labute approximate surface area is 158 Å². The lowest BCUT2D eigenvalue weighted by Crippen LogP contribution is -2.56. The van der Waals surface area contributed by atoms with E-state index in [9.17, 15) is 9.18 Å². The number of halogens is 1. The van der Waals surface area contributed by atoms with Crippen molar-refractivity contribution in [2.75, 3.05) is 42.6 Å². The van der Waals surface area contributed by atoms with Crippen LogP contribution >= 0.6 is 0 Å². The topological polar surface area (TPSA) is 48.9 Å². The quantitative estimate of drug-likeness (QED) is 0.774. The minimum absolute atomic E-state index is 0.0597. The first-order chi connectivity index (χ1) is 13.0. The lowest BCUT2D eigenvalue weighted by molar-refractivity contribution is 0.190. The molecular weight excluding hydrogens is 347 g/mol. The molecule has 2 aliphatic heterocycles. The molecule has 2 amide bonds. The Kier molecular flexibility index (Phi) is 4.59. The van der Waals surface area contributed by atoms with Gasteiger partial charge in [0.25, 0.3) is 0 Å². The lowest BCUT2D eigenvalue weighted by Gasteiger charge is -2.41. The molecule has 2 aliphatic rings. The van der Waals surface area contributed by atoms with Gasteiger partial charge in [0.05, 0.1) is 11.7 Å². The molecule has 1 aromatic heterocycles. The average Bonchev–Trinajstić information content (AvgIpc) is 2.68. The van der Waals surface area contributed by atoms with Crippen LogP contribution in [0, 0.1) is 12.7 Å². The van der Waals surface area contributed by atoms with Crippen LogP contribution in [-0.4, -0.2) is 54.7 Å². The van der Waals surface area contributed by atoms with E-state index in [0.717, 1.165) is 18.9 Å². The van der Waals surface area contributed by atoms with Crippen molar-refractivity contribution >= 4 is 17.5 Å². The summed E-state index contributed by atoms with van der Waals surface area (Å²) < 4.78 is 19.1. The van der Waals surface area contributed by atoms with Crippen LogP contribution in [0.1, 0.15) is 12.5 Å². The monoisotopic (exact) mass is 370 g/mol. The van der Waals surface area contributed by atoms with Gasteiger partial charge in [0, 0.05) is 38.4 Å². The number of carbonyl (C=O) groups excluding carboxylic acids is 1. The van der Waals surface area contributed by atoms with Gasteiger partial charge in [-0.1, -0.05) is 0 Å². The van der Waals surface area contributed by atoms with Gasteiger partial charge in [0.15, 0.2) is 0 Å². The second-order valence-electron chi connectivity index (χ2n) is 7.09. The molecule has 0 saturated carbocycles. The van der Waals surface area contributed by atoms with Gasteiger partial charge in [-0.3, -0.25) is 4.90 Å². The average molecular weight is 370 g/mol. The second-order valence-corrected chi connectivity index (χ2v) is 7.09. The Morgan fingerprint density at radius 2 is 1.96 bits per heavy atom. The smallest absolute Gasteiger partial charge is 0.325 e. The molecule has 3 heterocycles. The van der Waals surface area contributed by atoms with Crippen LogP contribution in [0.5, 0.6) is 5.75 Å². The number of pyridine rings is 1. The molecule has 0 bridgehead atoms. The molecule has 0 spiro atoms. The zero-order valence-electron chi connectivity index (χ0n) is 15.6. The summed E-state index contributed by atoms with van der Waals surface area (Å²) in [6, 6.07) is 8.19. The number of carbonyl (C=O) groups is 1. The van der Waals surface area contributed by atoms with Crippen molar-refractivity contribution in [3.8, 4) is 5.75 Å². The fourth-order valence-corrected chi connectivity index (χ4v) is 3.59. The van der Waals surface area contributed by atoms with Crippen LogP contribution in [0.4, 0.5) is 20.7 Å². The third kappa shape index (κ3) is 3.41. The van der Waals surface area contributed by atoms with Crippen molar-refractivity contribution in [3.05, 3.63) is 47.9 Å². The maximum absolute atomic E-state index is 13.5. The first-order valence-corrected chi connectivity index (χ1v) is 9.21. The first-order valence-electron chi connectivity index (χ1n) is 9.21. The number of hydrogen-bond donors (Lipinski definition) is 0. The summed E-state index contributed by atoms with van der Waals surface area (Å²) in [7, 11) is 0. The van der Waals surface area contributed by atoms with Gasteiger partial charge in [0.1, 0.15) is 24.0 Å². The fraction of sp³-hybridized carbons (Fsp3) is 0.400. The summed E-state index contributed by atoms with van der Waals surface area (Å²) in [5, 5.41) is 0. The number of piperazine rings is 1. The third-order valence-electron chi connectivity index (χ3n) is 5.08. The number of fused-ring (bicyclic) bond motifs is 1. The Morgan fingerprint density at radius 1 is 1.19 bits per heavy atom. The summed E-state index contributed by atoms with van der Waals surface area (Å²) in [4.78, 5) is 23.4. The van der Waals surface area contributed by atoms with E-state index in [2.05, 4.69) is 16.0 Å². The molecule has 0 radical (unpaired) electrons. The van der Waals surface area contributed by atoms with Gasteiger partial charge in [-0.25, -0.2) is 14.2 Å². The van der Waals surface area contributed by atoms with Crippen molar-refractivity contribution in [3.63, 3.8) is 0 Å². The molecule has 27 heavy (non-hydrogen) atoms. The van der Waals surface area contributed by atoms with Crippen molar-refractivity contribution in [2.45, 2.75) is 19.9 Å². The zero-order valence-corrected chi connectivity index (χ0v) is 15.6. The van der Waals surface area contributed by atoms with Crippen LogP contribution in [-0.2, 0) is 0 Å². The predicted octanol–water partition coefficient (Wildman–Crippen LogP) is 3.06. The van der Waals surface area contributed by atoms with Crippen molar-refractivity contribution < 1.29 is 13.9 Å². The summed E-state index contributed by atoms with van der Waals surface area (Å²) in [6.07, 6.45) is 1.81. The Balaban J connectivity index is 1.48. The van der Waals surface area contributed by atoms with Crippen LogP contribution in [0.2, 0.25) is 0 Å². The standard InChI is InChI=1S/C20H23FN4O2/c1-14-5-6-22-19(11-14)23-7-9-24(10-8-23)20(26)25-15(2)13-27-18-12-16(21)3-4-17(18)25/h3-6,11-12,15H,7-10,13H2,1-2H3. The first kappa shape index (κ1) is 17.6. The van der Waals surface area contributed by atoms with Gasteiger partial charge < -0.3 is 14.5 Å². The van der Waals surface area contributed by atoms with E-state index >= 15 is 0 Å². The molecule has 4 rings (SSSR count). The van der Waals surface area contributed by atoms with Crippen LogP contribution < -0.4 is 14.5 Å². The molecule has 2 aromatic rings. The van der Waals surface area contributed by atoms with Crippen molar-refractivity contribution in [1.29, 1.82) is 0 Å². The highest BCUT2D eigenvalue weighted by molar-refractivity contribution is 5.94. The highest BCUT2D eigenvalue weighted by atomic mass is 19.1. The molecular formula is C20H23FN4O2. The molecule has 1 aromatic carbocycles. The number of hydrogen-bond acceptors (Lipinski definition) is 4. The van der Waals surface area contributed by atoms with Crippen LogP contribution in [0.25, 0.3) is 0 Å². The molecule has 1 fully saturated rings. The molecule has 0 N–H and O–H groups in total. The Bertz CT molecular complexity index is 852. The molecule has 0 aliphatic carbocycles. The number of anilines is 2. The largest absolute Gasteiger partial charge is 0.489 e. The van der Waals surface area contributed by atoms with Crippen LogP contribution in [0.15, 0.2) is 36.5 Å². The van der Waals surface area contributed by atoms with Crippen LogP contribution in [0.3, 0.4) is 0 Å². The zero-order chi connectivity index (χ0) is 19.0. The van der Waals surface area contributed by atoms with E-state index in [4.69, 9.17) is 4.74 Å². The number of nitrogens with zero attached hydrogens (tertiary/aromatic N) is 4. The Hall–Kier alpha value is -2.83. The van der Waals surface area contributed by atoms with E-state index in [-0.39, 0.29) is 17.9 Å². The number of aromatic nitrogens is 1. The summed E-state index contributed by atoms with van der Waals surface area (Å²) >= 11 is 0. The number of aryl methyl sites for hydroxylation is 1. The predicted molar refractivity (Wildman–Crippen MR) is 102 cm³/mol. The van der Waals surface area contributed by atoms with Gasteiger partial charge in [-0.2, -0.15) is 0 Å². The van der Waals surface area contributed by atoms with Gasteiger partial charge in [0.2, 0.25) is 0 Å². The van der Waals surface area contributed by atoms with E-state index in [1.165, 1.54) is 17.7 Å². The normalized spacial score (nSPS) is 19.5. The summed E-state index contributed by atoms with van der Waals surface area (Å²) in [6.45, 7) is 7.05. The molecule has 7 heteroatoms. The molecule has 6 nitrogen and oxygen atoms in total. The third-order valence-corrected chi connectivity index (χ3v) is 5.08. The summed E-state index contributed by atoms with van der Waals surface area (Å²) in [5.41, 5.74) is 1.80. The molecule has 1 atom stereocenters. The number of benzene rings is 1. The van der Waals surface area contributed by atoms with Crippen molar-refractivity contribution in [1.82, 2.24) is 9.88 Å². The lowest BCUT2D eigenvalue weighted by atomic mass is 10.1. The van der Waals surface area contributed by atoms with Gasteiger partial charge >= 0.3 is 6.03 Å². The minimum atomic E-state index is -0.366. The molecule has 1 unspecified atom stereocenters. The molecule has 1 saturated heterocycles. The van der Waals surface area contributed by atoms with E-state index in [0.29, 0.717) is 31.1 Å². The molecule has 142 valence electrons. The SMILES string of the molecule is Cc1ccnc(N2CCN(C(=O)N3c4ccc(F)cc4OCC3C)CC2)c1.